The van der Waals surface area contributed by atoms with Gasteiger partial charge in [-0.25, -0.2) is 0 Å². The van der Waals surface area contributed by atoms with Gasteiger partial charge in [-0.2, -0.15) is 0 Å². The van der Waals surface area contributed by atoms with Gasteiger partial charge in [-0.3, -0.25) is 9.59 Å². The predicted molar refractivity (Wildman–Crippen MR) is 96.6 cm³/mol. The summed E-state index contributed by atoms with van der Waals surface area (Å²) in [6, 6.07) is 6.75. The van der Waals surface area contributed by atoms with Crippen LogP contribution in [0.2, 0.25) is 5.02 Å². The molecule has 1 aliphatic rings. The number of ether oxygens (including phenoxy) is 2. The summed E-state index contributed by atoms with van der Waals surface area (Å²) in [5.41, 5.74) is 0.942. The first-order valence-corrected chi connectivity index (χ1v) is 8.63. The van der Waals surface area contributed by atoms with Gasteiger partial charge in [0, 0.05) is 18.7 Å². The Morgan fingerprint density at radius 3 is 2.62 bits per heavy atom. The van der Waals surface area contributed by atoms with E-state index in [4.69, 9.17) is 21.1 Å². The standard InChI is InChI=1S/C18H23ClN2O5/c1-25-11-18(24)21-15-7-6-14(26-16(15)10-22)8-17(23)20-9-12-2-4-13(19)5-3-12/h2-7,14-16,22H,8-11H2,1H3,(H,20,23)(H,21,24)/t14-,15-,16-/m0/s1. The zero-order chi connectivity index (χ0) is 18.9. The normalized spacial score (nSPS) is 22.0. The second kappa shape index (κ2) is 10.3. The van der Waals surface area contributed by atoms with Gasteiger partial charge in [0.25, 0.3) is 0 Å². The number of hydrogen-bond acceptors (Lipinski definition) is 5. The Kier molecular flexibility index (Phi) is 8.06. The maximum Gasteiger partial charge on any atom is 0.246 e. The monoisotopic (exact) mass is 382 g/mol. The van der Waals surface area contributed by atoms with E-state index < -0.39 is 18.2 Å². The van der Waals surface area contributed by atoms with Crippen LogP contribution >= 0.6 is 11.6 Å². The molecule has 0 fully saturated rings. The number of hydrogen-bond donors (Lipinski definition) is 3. The summed E-state index contributed by atoms with van der Waals surface area (Å²) in [5, 5.41) is 15.6. The molecule has 0 aliphatic carbocycles. The summed E-state index contributed by atoms with van der Waals surface area (Å²) < 4.78 is 10.5. The van der Waals surface area contributed by atoms with E-state index in [0.717, 1.165) is 5.56 Å². The minimum absolute atomic E-state index is 0.0704. The summed E-state index contributed by atoms with van der Waals surface area (Å²) in [5.74, 6) is -0.475. The van der Waals surface area contributed by atoms with Crippen molar-refractivity contribution in [2.45, 2.75) is 31.2 Å². The highest BCUT2D eigenvalue weighted by molar-refractivity contribution is 6.30. The third kappa shape index (κ3) is 6.42. The zero-order valence-electron chi connectivity index (χ0n) is 14.5. The maximum absolute atomic E-state index is 12.1. The van der Waals surface area contributed by atoms with Crippen LogP contribution in [0.4, 0.5) is 0 Å². The number of carbonyl (C=O) groups excluding carboxylic acids is 2. The molecule has 26 heavy (non-hydrogen) atoms. The summed E-state index contributed by atoms with van der Waals surface area (Å²) >= 11 is 5.83. The Balaban J connectivity index is 1.82. The number of aliphatic hydroxyl groups excluding tert-OH is 1. The Labute approximate surface area is 157 Å². The van der Waals surface area contributed by atoms with Crippen LogP contribution in [0.25, 0.3) is 0 Å². The van der Waals surface area contributed by atoms with E-state index in [-0.39, 0.29) is 31.4 Å². The molecular weight excluding hydrogens is 360 g/mol. The topological polar surface area (TPSA) is 96.9 Å². The van der Waals surface area contributed by atoms with Gasteiger partial charge in [-0.05, 0) is 17.7 Å². The van der Waals surface area contributed by atoms with E-state index in [9.17, 15) is 14.7 Å². The maximum atomic E-state index is 12.1. The number of nitrogens with one attached hydrogen (secondary N) is 2. The molecule has 3 N–H and O–H groups in total. The van der Waals surface area contributed by atoms with Crippen molar-refractivity contribution < 1.29 is 24.2 Å². The molecule has 7 nitrogen and oxygen atoms in total. The van der Waals surface area contributed by atoms with Crippen LogP contribution in [0, 0.1) is 0 Å². The fourth-order valence-electron chi connectivity index (χ4n) is 2.55. The van der Waals surface area contributed by atoms with Crippen LogP contribution in [0.15, 0.2) is 36.4 Å². The fraction of sp³-hybridized carbons (Fsp3) is 0.444. The van der Waals surface area contributed by atoms with Gasteiger partial charge >= 0.3 is 0 Å². The SMILES string of the molecule is COCC(=O)N[C@H]1C=C[C@@H](CC(=O)NCc2ccc(Cl)cc2)O[C@H]1CO. The molecule has 0 radical (unpaired) electrons. The number of amides is 2. The highest BCUT2D eigenvalue weighted by atomic mass is 35.5. The lowest BCUT2D eigenvalue weighted by Crippen LogP contribution is -2.49. The summed E-state index contributed by atoms with van der Waals surface area (Å²) in [7, 11) is 1.43. The van der Waals surface area contributed by atoms with E-state index in [0.29, 0.717) is 11.6 Å². The summed E-state index contributed by atoms with van der Waals surface area (Å²) in [6.07, 6.45) is 2.49. The second-order valence-electron chi connectivity index (χ2n) is 5.91. The molecule has 0 unspecified atom stereocenters. The molecule has 2 amide bonds. The van der Waals surface area contributed by atoms with E-state index in [2.05, 4.69) is 10.6 Å². The van der Waals surface area contributed by atoms with E-state index >= 15 is 0 Å². The number of halogens is 1. The quantitative estimate of drug-likeness (QED) is 0.578. The molecule has 0 bridgehead atoms. The molecule has 3 atom stereocenters. The van der Waals surface area contributed by atoms with Gasteiger partial charge in [0.2, 0.25) is 11.8 Å². The molecular formula is C18H23ClN2O5. The molecule has 2 rings (SSSR count). The van der Waals surface area contributed by atoms with Gasteiger partial charge in [0.15, 0.2) is 0 Å². The van der Waals surface area contributed by atoms with Crippen molar-refractivity contribution in [1.29, 1.82) is 0 Å². The molecule has 1 aromatic rings. The highest BCUT2D eigenvalue weighted by Gasteiger charge is 2.28. The lowest BCUT2D eigenvalue weighted by Gasteiger charge is -2.31. The van der Waals surface area contributed by atoms with E-state index in [1.54, 1.807) is 24.3 Å². The third-order valence-corrected chi connectivity index (χ3v) is 4.11. The second-order valence-corrected chi connectivity index (χ2v) is 6.35. The minimum Gasteiger partial charge on any atom is -0.394 e. The van der Waals surface area contributed by atoms with Crippen LogP contribution < -0.4 is 10.6 Å². The molecule has 0 saturated heterocycles. The number of aliphatic hydroxyl groups is 1. The van der Waals surface area contributed by atoms with Crippen molar-refractivity contribution in [2.75, 3.05) is 20.3 Å². The number of carbonyl (C=O) groups is 2. The zero-order valence-corrected chi connectivity index (χ0v) is 15.2. The Hall–Kier alpha value is -1.93. The summed E-state index contributed by atoms with van der Waals surface area (Å²) in [4.78, 5) is 23.7. The van der Waals surface area contributed by atoms with Crippen molar-refractivity contribution >= 4 is 23.4 Å². The first-order valence-electron chi connectivity index (χ1n) is 8.26. The van der Waals surface area contributed by atoms with Crippen LogP contribution in [0.1, 0.15) is 12.0 Å². The van der Waals surface area contributed by atoms with Crippen LogP contribution in [0.3, 0.4) is 0 Å². The lowest BCUT2D eigenvalue weighted by molar-refractivity contribution is -0.130. The molecule has 1 aromatic carbocycles. The highest BCUT2D eigenvalue weighted by Crippen LogP contribution is 2.16. The first kappa shape index (κ1) is 20.4. The van der Waals surface area contributed by atoms with Crippen LogP contribution in [-0.2, 0) is 25.6 Å². The summed E-state index contributed by atoms with van der Waals surface area (Å²) in [6.45, 7) is 0.0513. The van der Waals surface area contributed by atoms with Crippen LogP contribution in [-0.4, -0.2) is 55.5 Å². The van der Waals surface area contributed by atoms with Crippen LogP contribution in [0.5, 0.6) is 0 Å². The number of rotatable bonds is 8. The Morgan fingerprint density at radius 1 is 1.23 bits per heavy atom. The van der Waals surface area contributed by atoms with E-state index in [1.807, 2.05) is 12.1 Å². The van der Waals surface area contributed by atoms with Crippen molar-refractivity contribution in [3.63, 3.8) is 0 Å². The molecule has 142 valence electrons. The van der Waals surface area contributed by atoms with Crippen molar-refractivity contribution in [3.05, 3.63) is 47.0 Å². The molecule has 1 heterocycles. The van der Waals surface area contributed by atoms with Crippen molar-refractivity contribution in [2.24, 2.45) is 0 Å². The molecule has 0 saturated carbocycles. The Bertz CT molecular complexity index is 635. The van der Waals surface area contributed by atoms with Crippen molar-refractivity contribution in [1.82, 2.24) is 10.6 Å². The molecule has 1 aliphatic heterocycles. The van der Waals surface area contributed by atoms with Gasteiger partial charge in [0.1, 0.15) is 12.7 Å². The number of methoxy groups -OCH3 is 1. The number of benzene rings is 1. The van der Waals surface area contributed by atoms with Gasteiger partial charge in [0.05, 0.1) is 25.2 Å². The Morgan fingerprint density at radius 2 is 1.96 bits per heavy atom. The lowest BCUT2D eigenvalue weighted by atomic mass is 10.0. The molecule has 0 spiro atoms. The van der Waals surface area contributed by atoms with Gasteiger partial charge in [-0.15, -0.1) is 0 Å². The average molecular weight is 383 g/mol. The van der Waals surface area contributed by atoms with E-state index in [1.165, 1.54) is 7.11 Å². The average Bonchev–Trinajstić information content (AvgIpc) is 2.62. The largest absolute Gasteiger partial charge is 0.394 e. The molecule has 0 aromatic heterocycles. The van der Waals surface area contributed by atoms with Crippen molar-refractivity contribution in [3.8, 4) is 0 Å². The fourth-order valence-corrected chi connectivity index (χ4v) is 2.68. The van der Waals surface area contributed by atoms with Gasteiger partial charge < -0.3 is 25.2 Å². The molecule has 8 heteroatoms. The van der Waals surface area contributed by atoms with Gasteiger partial charge in [-0.1, -0.05) is 35.9 Å². The third-order valence-electron chi connectivity index (χ3n) is 3.86. The first-order chi connectivity index (χ1) is 12.5. The predicted octanol–water partition coefficient (Wildman–Crippen LogP) is 0.793. The minimum atomic E-state index is -0.616. The smallest absolute Gasteiger partial charge is 0.246 e.